The molecule has 3 aromatic rings. The summed E-state index contributed by atoms with van der Waals surface area (Å²) in [6.07, 6.45) is -3.69. The Labute approximate surface area is 174 Å². The number of para-hydroxylation sites is 1. The van der Waals surface area contributed by atoms with Crippen molar-refractivity contribution in [3.8, 4) is 11.1 Å². The topological polar surface area (TPSA) is 32.5 Å². The molecular formula is C24H24F3N3. The summed E-state index contributed by atoms with van der Waals surface area (Å²) in [5, 5.41) is 0. The third-order valence-electron chi connectivity index (χ3n) is 5.52. The Morgan fingerprint density at radius 1 is 0.900 bits per heavy atom. The fraction of sp³-hybridized carbons (Fsp3) is 0.250. The third-order valence-corrected chi connectivity index (χ3v) is 5.52. The first-order valence-corrected chi connectivity index (χ1v) is 9.99. The van der Waals surface area contributed by atoms with E-state index < -0.39 is 12.7 Å². The molecule has 0 aromatic heterocycles. The monoisotopic (exact) mass is 411 g/mol. The number of anilines is 3. The van der Waals surface area contributed by atoms with Crippen LogP contribution in [0.1, 0.15) is 6.42 Å². The van der Waals surface area contributed by atoms with E-state index in [1.54, 1.807) is 12.1 Å². The van der Waals surface area contributed by atoms with Gasteiger partial charge in [0.25, 0.3) is 0 Å². The van der Waals surface area contributed by atoms with Gasteiger partial charge < -0.3 is 15.5 Å². The van der Waals surface area contributed by atoms with Gasteiger partial charge >= 0.3 is 6.18 Å². The molecule has 0 radical (unpaired) electrons. The average Bonchev–Trinajstić information content (AvgIpc) is 3.23. The van der Waals surface area contributed by atoms with Crippen molar-refractivity contribution in [2.24, 2.45) is 0 Å². The lowest BCUT2D eigenvalue weighted by atomic mass is 10.0. The van der Waals surface area contributed by atoms with Crippen molar-refractivity contribution in [2.75, 3.05) is 35.2 Å². The molecule has 0 saturated carbocycles. The van der Waals surface area contributed by atoms with Crippen LogP contribution in [0, 0.1) is 0 Å². The Kier molecular flexibility index (Phi) is 5.57. The van der Waals surface area contributed by atoms with Crippen molar-refractivity contribution in [3.63, 3.8) is 0 Å². The maximum Gasteiger partial charge on any atom is 0.405 e. The van der Waals surface area contributed by atoms with Crippen LogP contribution in [0.25, 0.3) is 11.1 Å². The summed E-state index contributed by atoms with van der Waals surface area (Å²) in [5.74, 6) is 0. The summed E-state index contributed by atoms with van der Waals surface area (Å²) in [6, 6.07) is 24.5. The van der Waals surface area contributed by atoms with E-state index in [9.17, 15) is 13.2 Å². The second kappa shape index (κ2) is 8.30. The predicted octanol–water partition coefficient (Wildman–Crippen LogP) is 5.58. The first-order valence-electron chi connectivity index (χ1n) is 9.99. The van der Waals surface area contributed by atoms with Crippen molar-refractivity contribution < 1.29 is 13.2 Å². The van der Waals surface area contributed by atoms with Crippen LogP contribution in [0.4, 0.5) is 30.2 Å². The van der Waals surface area contributed by atoms with Gasteiger partial charge in [0.15, 0.2) is 0 Å². The molecule has 3 aromatic carbocycles. The van der Waals surface area contributed by atoms with E-state index in [1.807, 2.05) is 66.7 Å². The Morgan fingerprint density at radius 3 is 2.23 bits per heavy atom. The molecule has 1 atom stereocenters. The van der Waals surface area contributed by atoms with Crippen LogP contribution in [0.2, 0.25) is 0 Å². The quantitative estimate of drug-likeness (QED) is 0.556. The fourth-order valence-corrected chi connectivity index (χ4v) is 4.08. The maximum atomic E-state index is 13.5. The molecule has 1 aliphatic heterocycles. The molecule has 6 heteroatoms. The molecule has 4 rings (SSSR count). The summed E-state index contributed by atoms with van der Waals surface area (Å²) in [7, 11) is 0. The molecule has 0 bridgehead atoms. The van der Waals surface area contributed by atoms with E-state index in [-0.39, 0.29) is 6.04 Å². The molecule has 0 spiro atoms. The summed E-state index contributed by atoms with van der Waals surface area (Å²) in [5.41, 5.74) is 9.80. The fourth-order valence-electron chi connectivity index (χ4n) is 4.08. The number of rotatable bonds is 5. The van der Waals surface area contributed by atoms with Crippen LogP contribution < -0.4 is 15.5 Å². The summed E-state index contributed by atoms with van der Waals surface area (Å²) in [4.78, 5) is 3.57. The van der Waals surface area contributed by atoms with Crippen molar-refractivity contribution in [3.05, 3.63) is 78.9 Å². The zero-order chi connectivity index (χ0) is 21.1. The minimum Gasteiger partial charge on any atom is -0.397 e. The highest BCUT2D eigenvalue weighted by atomic mass is 19.4. The van der Waals surface area contributed by atoms with Gasteiger partial charge in [0.2, 0.25) is 0 Å². The number of hydrogen-bond donors (Lipinski definition) is 1. The average molecular weight is 411 g/mol. The molecular weight excluding hydrogens is 387 g/mol. The van der Waals surface area contributed by atoms with Gasteiger partial charge in [-0.2, -0.15) is 13.2 Å². The lowest BCUT2D eigenvalue weighted by molar-refractivity contribution is -0.120. The first-order chi connectivity index (χ1) is 14.4. The van der Waals surface area contributed by atoms with E-state index >= 15 is 0 Å². The highest BCUT2D eigenvalue weighted by Crippen LogP contribution is 2.35. The second-order valence-corrected chi connectivity index (χ2v) is 7.61. The first kappa shape index (κ1) is 20.1. The number of nitrogens with zero attached hydrogens (tertiary/aromatic N) is 2. The lowest BCUT2D eigenvalue weighted by Crippen LogP contribution is -2.44. The molecule has 3 nitrogen and oxygen atoms in total. The smallest absolute Gasteiger partial charge is 0.397 e. The van der Waals surface area contributed by atoms with Gasteiger partial charge in [0.05, 0.1) is 11.4 Å². The summed E-state index contributed by atoms with van der Waals surface area (Å²) < 4.78 is 40.6. The van der Waals surface area contributed by atoms with Gasteiger partial charge in [-0.05, 0) is 41.8 Å². The third kappa shape index (κ3) is 4.53. The SMILES string of the molecule is Nc1ccc(-c2ccccc2)cc1N(CC(F)(F)F)[C@H]1CCN(c2ccccc2)C1. The number of alkyl halides is 3. The van der Waals surface area contributed by atoms with Gasteiger partial charge in [-0.1, -0.05) is 54.6 Å². The van der Waals surface area contributed by atoms with Crippen molar-refractivity contribution in [2.45, 2.75) is 18.6 Å². The minimum absolute atomic E-state index is 0.278. The zero-order valence-corrected chi connectivity index (χ0v) is 16.5. The van der Waals surface area contributed by atoms with Crippen LogP contribution in [0.15, 0.2) is 78.9 Å². The van der Waals surface area contributed by atoms with E-state index in [4.69, 9.17) is 5.73 Å². The van der Waals surface area contributed by atoms with Gasteiger partial charge in [0, 0.05) is 24.8 Å². The van der Waals surface area contributed by atoms with Crippen molar-refractivity contribution >= 4 is 17.1 Å². The molecule has 156 valence electrons. The second-order valence-electron chi connectivity index (χ2n) is 7.61. The van der Waals surface area contributed by atoms with Crippen molar-refractivity contribution in [1.82, 2.24) is 0 Å². The van der Waals surface area contributed by atoms with Crippen LogP contribution in [0.3, 0.4) is 0 Å². The summed E-state index contributed by atoms with van der Waals surface area (Å²) in [6.45, 7) is 0.207. The predicted molar refractivity (Wildman–Crippen MR) is 117 cm³/mol. The molecule has 1 aliphatic rings. The number of nitrogen functional groups attached to an aromatic ring is 1. The van der Waals surface area contributed by atoms with Crippen LogP contribution >= 0.6 is 0 Å². The molecule has 0 aliphatic carbocycles. The van der Waals surface area contributed by atoms with Gasteiger partial charge in [-0.25, -0.2) is 0 Å². The summed E-state index contributed by atoms with van der Waals surface area (Å²) >= 11 is 0. The number of benzene rings is 3. The standard InChI is InChI=1S/C24H24F3N3/c25-24(26,27)17-30(21-13-14-29(16-21)20-9-5-2-6-10-20)23-15-19(11-12-22(23)28)18-7-3-1-4-8-18/h1-12,15,21H,13-14,16-17,28H2/t21-/m0/s1. The maximum absolute atomic E-state index is 13.5. The minimum atomic E-state index is -4.32. The largest absolute Gasteiger partial charge is 0.405 e. The molecule has 0 amide bonds. The van der Waals surface area contributed by atoms with E-state index in [1.165, 1.54) is 4.90 Å². The Morgan fingerprint density at radius 2 is 1.57 bits per heavy atom. The van der Waals surface area contributed by atoms with E-state index in [0.717, 1.165) is 16.8 Å². The normalized spacial score (nSPS) is 16.6. The molecule has 1 saturated heterocycles. The van der Waals surface area contributed by atoms with Crippen molar-refractivity contribution in [1.29, 1.82) is 0 Å². The van der Waals surface area contributed by atoms with Gasteiger partial charge in [0.1, 0.15) is 6.54 Å². The Bertz CT molecular complexity index is 974. The Balaban J connectivity index is 1.66. The lowest BCUT2D eigenvalue weighted by Gasteiger charge is -2.33. The van der Waals surface area contributed by atoms with E-state index in [0.29, 0.717) is 30.9 Å². The number of hydrogen-bond acceptors (Lipinski definition) is 3. The Hall–Kier alpha value is -3.15. The molecule has 30 heavy (non-hydrogen) atoms. The molecule has 0 unspecified atom stereocenters. The van der Waals surface area contributed by atoms with Crippen LogP contribution in [-0.4, -0.2) is 31.9 Å². The molecule has 1 heterocycles. The number of halogens is 3. The molecule has 1 fully saturated rings. The highest BCUT2D eigenvalue weighted by Gasteiger charge is 2.37. The van der Waals surface area contributed by atoms with Crippen LogP contribution in [-0.2, 0) is 0 Å². The zero-order valence-electron chi connectivity index (χ0n) is 16.5. The van der Waals surface area contributed by atoms with Crippen LogP contribution in [0.5, 0.6) is 0 Å². The van der Waals surface area contributed by atoms with Gasteiger partial charge in [-0.3, -0.25) is 0 Å². The van der Waals surface area contributed by atoms with E-state index in [2.05, 4.69) is 4.90 Å². The highest BCUT2D eigenvalue weighted by molar-refractivity contribution is 5.77. The van der Waals surface area contributed by atoms with Gasteiger partial charge in [-0.15, -0.1) is 0 Å². The molecule has 2 N–H and O–H groups in total. The number of nitrogens with two attached hydrogens (primary N) is 1.